The Labute approximate surface area is 134 Å². The van der Waals surface area contributed by atoms with Crippen molar-refractivity contribution in [3.63, 3.8) is 0 Å². The predicted octanol–water partition coefficient (Wildman–Crippen LogP) is 3.06. The third-order valence-corrected chi connectivity index (χ3v) is 3.94. The molecule has 0 aliphatic carbocycles. The van der Waals surface area contributed by atoms with E-state index < -0.39 is 0 Å². The van der Waals surface area contributed by atoms with Gasteiger partial charge in [0, 0.05) is 11.9 Å². The quantitative estimate of drug-likeness (QED) is 0.778. The molecule has 0 radical (unpaired) electrons. The summed E-state index contributed by atoms with van der Waals surface area (Å²) in [6, 6.07) is 18.9. The van der Waals surface area contributed by atoms with E-state index in [2.05, 4.69) is 17.2 Å². The van der Waals surface area contributed by atoms with Crippen LogP contribution < -0.4 is 10.9 Å². The fraction of sp³-hybridized carbons (Fsp3) is 0.158. The van der Waals surface area contributed by atoms with Crippen LogP contribution in [0.2, 0.25) is 0 Å². The minimum Gasteiger partial charge on any atom is -0.350 e. The zero-order valence-electron chi connectivity index (χ0n) is 12.9. The van der Waals surface area contributed by atoms with Gasteiger partial charge >= 0.3 is 0 Å². The van der Waals surface area contributed by atoms with E-state index in [0.717, 1.165) is 5.39 Å². The Hall–Kier alpha value is -2.88. The SMILES string of the molecule is C[C@@H](CNC(=O)c1cc2ccccc2c(=O)[nH]1)c1ccccc1. The van der Waals surface area contributed by atoms with Crippen LogP contribution in [0, 0.1) is 0 Å². The van der Waals surface area contributed by atoms with Gasteiger partial charge in [0.05, 0.1) is 0 Å². The average molecular weight is 306 g/mol. The van der Waals surface area contributed by atoms with Crippen LogP contribution >= 0.6 is 0 Å². The number of H-pyrrole nitrogens is 1. The molecule has 0 spiro atoms. The molecule has 0 unspecified atom stereocenters. The molecule has 2 N–H and O–H groups in total. The number of carbonyl (C=O) groups excluding carboxylic acids is 1. The van der Waals surface area contributed by atoms with Crippen LogP contribution in [0.15, 0.2) is 65.5 Å². The number of nitrogens with one attached hydrogen (secondary N) is 2. The molecule has 0 saturated heterocycles. The number of hydrogen-bond acceptors (Lipinski definition) is 2. The number of carbonyl (C=O) groups is 1. The lowest BCUT2D eigenvalue weighted by atomic mass is 10.0. The minimum atomic E-state index is -0.268. The molecule has 2 aromatic carbocycles. The normalized spacial score (nSPS) is 12.0. The van der Waals surface area contributed by atoms with Crippen LogP contribution in [-0.2, 0) is 0 Å². The van der Waals surface area contributed by atoms with Crippen molar-refractivity contribution in [2.24, 2.45) is 0 Å². The molecule has 1 amide bonds. The fourth-order valence-corrected chi connectivity index (χ4v) is 2.57. The van der Waals surface area contributed by atoms with Gasteiger partial charge in [0.25, 0.3) is 11.5 Å². The first kappa shape index (κ1) is 15.0. The van der Waals surface area contributed by atoms with Crippen LogP contribution in [0.5, 0.6) is 0 Å². The molecule has 0 saturated carbocycles. The van der Waals surface area contributed by atoms with E-state index in [9.17, 15) is 9.59 Å². The second kappa shape index (κ2) is 6.48. The standard InChI is InChI=1S/C19H18N2O2/c1-13(14-7-3-2-4-8-14)12-20-19(23)17-11-15-9-5-6-10-16(15)18(22)21-17/h2-11,13H,12H2,1H3,(H,20,23)(H,21,22)/t13-/m0/s1. The second-order valence-electron chi connectivity index (χ2n) is 5.62. The van der Waals surface area contributed by atoms with Gasteiger partial charge in [-0.1, -0.05) is 55.5 Å². The molecular formula is C19H18N2O2. The summed E-state index contributed by atoms with van der Waals surface area (Å²) >= 11 is 0. The number of aromatic nitrogens is 1. The predicted molar refractivity (Wildman–Crippen MR) is 91.8 cm³/mol. The summed E-state index contributed by atoms with van der Waals surface area (Å²) in [5.41, 5.74) is 1.21. The molecule has 1 heterocycles. The topological polar surface area (TPSA) is 62.0 Å². The molecule has 1 aromatic heterocycles. The van der Waals surface area contributed by atoms with Gasteiger partial charge in [0.15, 0.2) is 0 Å². The van der Waals surface area contributed by atoms with Crippen LogP contribution in [0.1, 0.15) is 28.9 Å². The van der Waals surface area contributed by atoms with Gasteiger partial charge in [0.2, 0.25) is 0 Å². The lowest BCUT2D eigenvalue weighted by molar-refractivity contribution is 0.0946. The van der Waals surface area contributed by atoms with E-state index in [1.54, 1.807) is 18.2 Å². The first-order chi connectivity index (χ1) is 11.1. The molecule has 0 aliphatic rings. The highest BCUT2D eigenvalue weighted by atomic mass is 16.2. The third-order valence-electron chi connectivity index (χ3n) is 3.94. The Morgan fingerprint density at radius 2 is 1.78 bits per heavy atom. The van der Waals surface area contributed by atoms with Gasteiger partial charge < -0.3 is 10.3 Å². The Balaban J connectivity index is 1.75. The number of amides is 1. The molecule has 0 fully saturated rings. The van der Waals surface area contributed by atoms with Crippen molar-refractivity contribution in [1.29, 1.82) is 0 Å². The van der Waals surface area contributed by atoms with E-state index in [4.69, 9.17) is 0 Å². The zero-order chi connectivity index (χ0) is 16.2. The highest BCUT2D eigenvalue weighted by Crippen LogP contribution is 2.14. The first-order valence-electron chi connectivity index (χ1n) is 7.60. The van der Waals surface area contributed by atoms with Gasteiger partial charge in [-0.25, -0.2) is 0 Å². The third kappa shape index (κ3) is 3.31. The second-order valence-corrected chi connectivity index (χ2v) is 5.62. The fourth-order valence-electron chi connectivity index (χ4n) is 2.57. The molecule has 4 nitrogen and oxygen atoms in total. The smallest absolute Gasteiger partial charge is 0.267 e. The van der Waals surface area contributed by atoms with Crippen molar-refractivity contribution in [1.82, 2.24) is 10.3 Å². The lowest BCUT2D eigenvalue weighted by Gasteiger charge is -2.13. The summed E-state index contributed by atoms with van der Waals surface area (Å²) in [5, 5.41) is 4.23. The molecule has 4 heteroatoms. The minimum absolute atomic E-state index is 0.201. The summed E-state index contributed by atoms with van der Waals surface area (Å²) in [7, 11) is 0. The number of rotatable bonds is 4. The molecule has 1 atom stereocenters. The maximum absolute atomic E-state index is 12.3. The van der Waals surface area contributed by atoms with Crippen molar-refractivity contribution in [2.75, 3.05) is 6.54 Å². The van der Waals surface area contributed by atoms with Crippen molar-refractivity contribution in [3.05, 3.63) is 82.3 Å². The number of aromatic amines is 1. The molecule has 0 bridgehead atoms. The number of benzene rings is 2. The van der Waals surface area contributed by atoms with E-state index in [0.29, 0.717) is 11.9 Å². The Kier molecular flexibility index (Phi) is 4.24. The van der Waals surface area contributed by atoms with Gasteiger partial charge in [-0.3, -0.25) is 9.59 Å². The highest BCUT2D eigenvalue weighted by molar-refractivity contribution is 5.96. The number of hydrogen-bond donors (Lipinski definition) is 2. The van der Waals surface area contributed by atoms with Gasteiger partial charge in [-0.05, 0) is 29.0 Å². The summed E-state index contributed by atoms with van der Waals surface area (Å²) in [6.07, 6.45) is 0. The van der Waals surface area contributed by atoms with Crippen molar-refractivity contribution >= 4 is 16.7 Å². The summed E-state index contributed by atoms with van der Waals surface area (Å²) < 4.78 is 0. The molecule has 3 aromatic rings. The van der Waals surface area contributed by atoms with Gasteiger partial charge in [-0.15, -0.1) is 0 Å². The van der Waals surface area contributed by atoms with Gasteiger partial charge in [0.1, 0.15) is 5.69 Å². The molecule has 23 heavy (non-hydrogen) atoms. The van der Waals surface area contributed by atoms with E-state index in [1.807, 2.05) is 42.5 Å². The molecular weight excluding hydrogens is 288 g/mol. The van der Waals surface area contributed by atoms with Crippen molar-refractivity contribution in [2.45, 2.75) is 12.8 Å². The van der Waals surface area contributed by atoms with Crippen molar-refractivity contribution < 1.29 is 4.79 Å². The first-order valence-corrected chi connectivity index (χ1v) is 7.60. The van der Waals surface area contributed by atoms with E-state index >= 15 is 0 Å². The Morgan fingerprint density at radius 3 is 2.57 bits per heavy atom. The molecule has 0 aliphatic heterocycles. The summed E-state index contributed by atoms with van der Waals surface area (Å²) in [5.74, 6) is -0.0667. The lowest BCUT2D eigenvalue weighted by Crippen LogP contribution is -2.29. The van der Waals surface area contributed by atoms with Crippen LogP contribution in [0.4, 0.5) is 0 Å². The van der Waals surface area contributed by atoms with Crippen LogP contribution in [-0.4, -0.2) is 17.4 Å². The van der Waals surface area contributed by atoms with E-state index in [1.165, 1.54) is 5.56 Å². The highest BCUT2D eigenvalue weighted by Gasteiger charge is 2.11. The average Bonchev–Trinajstić information content (AvgIpc) is 2.60. The Bertz CT molecular complexity index is 885. The molecule has 3 rings (SSSR count). The summed E-state index contributed by atoms with van der Waals surface area (Å²) in [6.45, 7) is 2.57. The summed E-state index contributed by atoms with van der Waals surface area (Å²) in [4.78, 5) is 27.0. The number of fused-ring (bicyclic) bond motifs is 1. The van der Waals surface area contributed by atoms with E-state index in [-0.39, 0.29) is 23.1 Å². The van der Waals surface area contributed by atoms with Crippen molar-refractivity contribution in [3.8, 4) is 0 Å². The zero-order valence-corrected chi connectivity index (χ0v) is 12.9. The molecule has 116 valence electrons. The monoisotopic (exact) mass is 306 g/mol. The van der Waals surface area contributed by atoms with Gasteiger partial charge in [-0.2, -0.15) is 0 Å². The number of pyridine rings is 1. The maximum atomic E-state index is 12.3. The Morgan fingerprint density at radius 1 is 1.09 bits per heavy atom. The largest absolute Gasteiger partial charge is 0.350 e. The maximum Gasteiger partial charge on any atom is 0.267 e. The van der Waals surface area contributed by atoms with Crippen LogP contribution in [0.3, 0.4) is 0 Å². The van der Waals surface area contributed by atoms with Crippen LogP contribution in [0.25, 0.3) is 10.8 Å².